The van der Waals surface area contributed by atoms with Crippen LogP contribution in [0.2, 0.25) is 0 Å². The van der Waals surface area contributed by atoms with Gasteiger partial charge in [0.25, 0.3) is 0 Å². The fraction of sp³-hybridized carbons (Fsp3) is 0.750. The summed E-state index contributed by atoms with van der Waals surface area (Å²) in [6.45, 7) is 0. The van der Waals surface area contributed by atoms with E-state index in [9.17, 15) is 0 Å². The minimum absolute atomic E-state index is 0.461. The molecule has 0 aromatic carbocycles. The molecule has 12 heavy (non-hydrogen) atoms. The van der Waals surface area contributed by atoms with Crippen molar-refractivity contribution in [3.63, 3.8) is 0 Å². The Bertz CT molecular complexity index is 127. The molecule has 0 amide bonds. The Labute approximate surface area is 115 Å². The standard InChI is InChI=1S/C8H13I3O/c9-5-2-1-3-7(10)8(11)4-6-12/h4,6-8,12H,1-3,5H2. The highest BCUT2D eigenvalue weighted by Gasteiger charge is 2.11. The number of halogens is 3. The fourth-order valence-electron chi connectivity index (χ4n) is 0.796. The van der Waals surface area contributed by atoms with E-state index in [1.165, 1.54) is 23.7 Å². The van der Waals surface area contributed by atoms with E-state index in [4.69, 9.17) is 5.11 Å². The number of hydrogen-bond donors (Lipinski definition) is 1. The summed E-state index contributed by atoms with van der Waals surface area (Å²) in [6, 6.07) is 0. The lowest BCUT2D eigenvalue weighted by atomic mass is 10.1. The first kappa shape index (κ1) is 13.7. The molecule has 1 nitrogen and oxygen atoms in total. The van der Waals surface area contributed by atoms with E-state index in [1.807, 2.05) is 6.08 Å². The third kappa shape index (κ3) is 7.16. The van der Waals surface area contributed by atoms with E-state index in [-0.39, 0.29) is 0 Å². The Morgan fingerprint density at radius 1 is 1.25 bits per heavy atom. The van der Waals surface area contributed by atoms with Gasteiger partial charge < -0.3 is 5.11 Å². The summed E-state index contributed by atoms with van der Waals surface area (Å²) < 4.78 is 2.36. The van der Waals surface area contributed by atoms with Crippen LogP contribution in [0, 0.1) is 0 Å². The summed E-state index contributed by atoms with van der Waals surface area (Å²) in [7, 11) is 0. The topological polar surface area (TPSA) is 20.2 Å². The Kier molecular flexibility index (Phi) is 10.6. The van der Waals surface area contributed by atoms with Gasteiger partial charge in [0.05, 0.1) is 6.26 Å². The van der Waals surface area contributed by atoms with Crippen molar-refractivity contribution in [3.05, 3.63) is 12.3 Å². The largest absolute Gasteiger partial charge is 0.516 e. The maximum absolute atomic E-state index is 8.57. The zero-order valence-electron chi connectivity index (χ0n) is 6.72. The summed E-state index contributed by atoms with van der Waals surface area (Å²) in [5.41, 5.74) is 0. The average molecular weight is 506 g/mol. The molecule has 1 N–H and O–H groups in total. The molecule has 0 saturated carbocycles. The van der Waals surface area contributed by atoms with E-state index in [0.717, 1.165) is 6.26 Å². The molecule has 72 valence electrons. The van der Waals surface area contributed by atoms with Crippen LogP contribution in [0.25, 0.3) is 0 Å². The smallest absolute Gasteiger partial charge is 0.0762 e. The molecular formula is C8H13I3O. The molecule has 2 atom stereocenters. The van der Waals surface area contributed by atoms with Crippen molar-refractivity contribution in [2.45, 2.75) is 27.1 Å². The van der Waals surface area contributed by atoms with Crippen LogP contribution < -0.4 is 0 Å². The van der Waals surface area contributed by atoms with E-state index >= 15 is 0 Å². The first-order valence-electron chi connectivity index (χ1n) is 3.87. The van der Waals surface area contributed by atoms with Crippen molar-refractivity contribution >= 4 is 67.8 Å². The van der Waals surface area contributed by atoms with Gasteiger partial charge in [-0.25, -0.2) is 0 Å². The maximum atomic E-state index is 8.57. The molecule has 0 spiro atoms. The van der Waals surface area contributed by atoms with Crippen LogP contribution in [-0.4, -0.2) is 17.4 Å². The second-order valence-electron chi connectivity index (χ2n) is 2.49. The number of rotatable bonds is 6. The Morgan fingerprint density at radius 2 is 1.92 bits per heavy atom. The highest BCUT2D eigenvalue weighted by atomic mass is 127. The lowest BCUT2D eigenvalue weighted by molar-refractivity contribution is 0.471. The molecule has 4 heteroatoms. The molecule has 0 heterocycles. The normalized spacial score (nSPS) is 16.6. The van der Waals surface area contributed by atoms with Crippen LogP contribution in [0.5, 0.6) is 0 Å². The van der Waals surface area contributed by atoms with Crippen LogP contribution in [0.3, 0.4) is 0 Å². The maximum Gasteiger partial charge on any atom is 0.0762 e. The molecule has 0 aliphatic heterocycles. The summed E-state index contributed by atoms with van der Waals surface area (Å²) in [5, 5.41) is 8.57. The zero-order chi connectivity index (χ0) is 9.40. The van der Waals surface area contributed by atoms with Crippen molar-refractivity contribution in [3.8, 4) is 0 Å². The number of hydrogen-bond acceptors (Lipinski definition) is 1. The molecule has 0 aliphatic carbocycles. The molecule has 2 unspecified atom stereocenters. The molecule has 0 rings (SSSR count). The quantitative estimate of drug-likeness (QED) is 0.247. The average Bonchev–Trinajstić information content (AvgIpc) is 2.05. The van der Waals surface area contributed by atoms with Gasteiger partial charge in [-0.2, -0.15) is 0 Å². The van der Waals surface area contributed by atoms with Crippen LogP contribution in [0.4, 0.5) is 0 Å². The minimum Gasteiger partial charge on any atom is -0.516 e. The lowest BCUT2D eigenvalue weighted by Crippen LogP contribution is -2.10. The number of aliphatic hydroxyl groups excluding tert-OH is 1. The second kappa shape index (κ2) is 9.29. The van der Waals surface area contributed by atoms with E-state index in [1.54, 1.807) is 0 Å². The number of allylic oxidation sites excluding steroid dienone is 1. The summed E-state index contributed by atoms with van der Waals surface area (Å²) in [6.07, 6.45) is 6.87. The molecular weight excluding hydrogens is 493 g/mol. The summed E-state index contributed by atoms with van der Waals surface area (Å²) in [4.78, 5) is 0. The predicted octanol–water partition coefficient (Wildman–Crippen LogP) is 4.27. The first-order chi connectivity index (χ1) is 5.72. The van der Waals surface area contributed by atoms with Crippen LogP contribution in [-0.2, 0) is 0 Å². The highest BCUT2D eigenvalue weighted by Crippen LogP contribution is 2.22. The van der Waals surface area contributed by atoms with Crippen molar-refractivity contribution in [2.24, 2.45) is 0 Å². The third-order valence-electron chi connectivity index (χ3n) is 1.48. The Balaban J connectivity index is 3.49. The molecule has 0 bridgehead atoms. The van der Waals surface area contributed by atoms with Crippen LogP contribution in [0.15, 0.2) is 12.3 Å². The molecule has 0 aromatic heterocycles. The second-order valence-corrected chi connectivity index (χ2v) is 6.60. The molecule has 0 saturated heterocycles. The minimum atomic E-state index is 0.461. The fourth-order valence-corrected chi connectivity index (χ4v) is 2.56. The van der Waals surface area contributed by atoms with Crippen LogP contribution >= 0.6 is 67.8 Å². The third-order valence-corrected chi connectivity index (χ3v) is 6.30. The molecule has 0 aliphatic rings. The van der Waals surface area contributed by atoms with E-state index in [0.29, 0.717) is 7.85 Å². The summed E-state index contributed by atoms with van der Waals surface area (Å²) in [5.74, 6) is 0. The van der Waals surface area contributed by atoms with Gasteiger partial charge in [-0.15, -0.1) is 0 Å². The number of aliphatic hydroxyl groups is 1. The van der Waals surface area contributed by atoms with Gasteiger partial charge in [0, 0.05) is 7.85 Å². The van der Waals surface area contributed by atoms with Gasteiger partial charge in [-0.1, -0.05) is 74.2 Å². The van der Waals surface area contributed by atoms with Crippen molar-refractivity contribution in [2.75, 3.05) is 4.43 Å². The van der Waals surface area contributed by atoms with E-state index in [2.05, 4.69) is 67.8 Å². The number of unbranched alkanes of at least 4 members (excludes halogenated alkanes) is 1. The monoisotopic (exact) mass is 506 g/mol. The van der Waals surface area contributed by atoms with Gasteiger partial charge in [0.15, 0.2) is 0 Å². The SMILES string of the molecule is OC=CC(I)C(I)CCCCI. The van der Waals surface area contributed by atoms with Crippen LogP contribution in [0.1, 0.15) is 19.3 Å². The zero-order valence-corrected chi connectivity index (χ0v) is 13.2. The van der Waals surface area contributed by atoms with Gasteiger partial charge in [-0.3, -0.25) is 0 Å². The van der Waals surface area contributed by atoms with Crippen molar-refractivity contribution in [1.82, 2.24) is 0 Å². The molecule has 0 aromatic rings. The van der Waals surface area contributed by atoms with Crippen molar-refractivity contribution in [1.29, 1.82) is 0 Å². The van der Waals surface area contributed by atoms with Gasteiger partial charge >= 0.3 is 0 Å². The Morgan fingerprint density at radius 3 is 2.42 bits per heavy atom. The van der Waals surface area contributed by atoms with E-state index < -0.39 is 0 Å². The number of alkyl halides is 3. The summed E-state index contributed by atoms with van der Waals surface area (Å²) >= 11 is 7.23. The van der Waals surface area contributed by atoms with Gasteiger partial charge in [0.1, 0.15) is 0 Å². The van der Waals surface area contributed by atoms with Crippen molar-refractivity contribution < 1.29 is 5.11 Å². The predicted molar refractivity (Wildman–Crippen MR) is 80.1 cm³/mol. The first-order valence-corrected chi connectivity index (χ1v) is 7.89. The lowest BCUT2D eigenvalue weighted by Gasteiger charge is -2.11. The highest BCUT2D eigenvalue weighted by molar-refractivity contribution is 14.1. The van der Waals surface area contributed by atoms with Gasteiger partial charge in [-0.05, 0) is 23.3 Å². The molecule has 0 radical (unpaired) electrons. The van der Waals surface area contributed by atoms with Gasteiger partial charge in [0.2, 0.25) is 0 Å². The Hall–Kier alpha value is 1.73. The molecule has 0 fully saturated rings.